The molecule has 3 heteroatoms. The van der Waals surface area contributed by atoms with Crippen LogP contribution >= 0.6 is 0 Å². The van der Waals surface area contributed by atoms with Crippen molar-refractivity contribution in [3.63, 3.8) is 0 Å². The normalized spacial score (nSPS) is 11.2. The SMILES string of the molecule is CC(C)(OC(=O)CCCN)c1ccc(-c2ccccc2)cc1. The van der Waals surface area contributed by atoms with Gasteiger partial charge in [-0.15, -0.1) is 0 Å². The van der Waals surface area contributed by atoms with Crippen LogP contribution in [-0.2, 0) is 15.1 Å². The fourth-order valence-corrected chi connectivity index (χ4v) is 2.34. The van der Waals surface area contributed by atoms with Gasteiger partial charge in [0.1, 0.15) is 5.60 Å². The minimum Gasteiger partial charge on any atom is -0.455 e. The summed E-state index contributed by atoms with van der Waals surface area (Å²) in [4.78, 5) is 11.8. The van der Waals surface area contributed by atoms with Crippen LogP contribution in [0.5, 0.6) is 0 Å². The second-order valence-electron chi connectivity index (χ2n) is 5.82. The molecule has 0 aliphatic carbocycles. The molecule has 0 atom stereocenters. The Morgan fingerprint density at radius 1 is 1.00 bits per heavy atom. The molecule has 2 N–H and O–H groups in total. The quantitative estimate of drug-likeness (QED) is 0.823. The lowest BCUT2D eigenvalue weighted by Crippen LogP contribution is -2.25. The van der Waals surface area contributed by atoms with Crippen LogP contribution in [0.4, 0.5) is 0 Å². The molecule has 0 aromatic heterocycles. The average molecular weight is 297 g/mol. The van der Waals surface area contributed by atoms with E-state index in [0.29, 0.717) is 19.4 Å². The third kappa shape index (κ3) is 4.18. The van der Waals surface area contributed by atoms with Crippen molar-refractivity contribution < 1.29 is 9.53 Å². The molecule has 0 amide bonds. The Morgan fingerprint density at radius 2 is 1.59 bits per heavy atom. The number of ether oxygens (including phenoxy) is 1. The predicted octanol–water partition coefficient (Wildman–Crippen LogP) is 3.87. The summed E-state index contributed by atoms with van der Waals surface area (Å²) in [6.07, 6.45) is 1.02. The zero-order chi connectivity index (χ0) is 16.0. The van der Waals surface area contributed by atoms with Gasteiger partial charge in [-0.1, -0.05) is 54.6 Å². The third-order valence-corrected chi connectivity index (χ3v) is 3.64. The first-order chi connectivity index (χ1) is 10.5. The number of benzene rings is 2. The Morgan fingerprint density at radius 3 is 2.18 bits per heavy atom. The molecule has 2 aromatic carbocycles. The highest BCUT2D eigenvalue weighted by atomic mass is 16.6. The zero-order valence-electron chi connectivity index (χ0n) is 13.2. The van der Waals surface area contributed by atoms with E-state index in [0.717, 1.165) is 11.1 Å². The molecule has 0 heterocycles. The molecule has 2 aromatic rings. The summed E-state index contributed by atoms with van der Waals surface area (Å²) < 4.78 is 5.58. The van der Waals surface area contributed by atoms with Crippen molar-refractivity contribution >= 4 is 5.97 Å². The molecular formula is C19H23NO2. The minimum absolute atomic E-state index is 0.206. The van der Waals surface area contributed by atoms with Crippen LogP contribution in [0, 0.1) is 0 Å². The maximum absolute atomic E-state index is 11.8. The van der Waals surface area contributed by atoms with Gasteiger partial charge in [0.05, 0.1) is 0 Å². The van der Waals surface area contributed by atoms with Crippen LogP contribution < -0.4 is 5.73 Å². The van der Waals surface area contributed by atoms with Crippen LogP contribution in [0.2, 0.25) is 0 Å². The first-order valence-corrected chi connectivity index (χ1v) is 7.61. The Bertz CT molecular complexity index is 603. The molecule has 22 heavy (non-hydrogen) atoms. The standard InChI is InChI=1S/C19H23NO2/c1-19(2,22-18(21)9-6-14-20)17-12-10-16(11-13-17)15-7-4-3-5-8-15/h3-5,7-8,10-13H,6,9,14,20H2,1-2H3. The van der Waals surface area contributed by atoms with Crippen molar-refractivity contribution in [1.82, 2.24) is 0 Å². The number of carbonyl (C=O) groups excluding carboxylic acids is 1. The van der Waals surface area contributed by atoms with E-state index in [2.05, 4.69) is 24.3 Å². The topological polar surface area (TPSA) is 52.3 Å². The maximum atomic E-state index is 11.8. The largest absolute Gasteiger partial charge is 0.455 e. The van der Waals surface area contributed by atoms with Gasteiger partial charge in [0, 0.05) is 6.42 Å². The first kappa shape index (κ1) is 16.2. The molecule has 0 bridgehead atoms. The number of hydrogen-bond donors (Lipinski definition) is 1. The second kappa shape index (κ2) is 7.23. The Balaban J connectivity index is 2.10. The van der Waals surface area contributed by atoms with Gasteiger partial charge in [0.15, 0.2) is 0 Å². The van der Waals surface area contributed by atoms with Gasteiger partial charge in [-0.25, -0.2) is 0 Å². The van der Waals surface area contributed by atoms with Crippen LogP contribution in [-0.4, -0.2) is 12.5 Å². The summed E-state index contributed by atoms with van der Waals surface area (Å²) in [5.41, 5.74) is 8.08. The van der Waals surface area contributed by atoms with Gasteiger partial charge in [0.2, 0.25) is 0 Å². The number of nitrogens with two attached hydrogens (primary N) is 1. The highest BCUT2D eigenvalue weighted by Crippen LogP contribution is 2.28. The van der Waals surface area contributed by atoms with E-state index in [-0.39, 0.29) is 5.97 Å². The van der Waals surface area contributed by atoms with Gasteiger partial charge in [0.25, 0.3) is 0 Å². The van der Waals surface area contributed by atoms with Crippen molar-refractivity contribution in [1.29, 1.82) is 0 Å². The van der Waals surface area contributed by atoms with Crippen LogP contribution in [0.1, 0.15) is 32.3 Å². The highest BCUT2D eigenvalue weighted by Gasteiger charge is 2.24. The van der Waals surface area contributed by atoms with Crippen molar-refractivity contribution in [2.75, 3.05) is 6.54 Å². The van der Waals surface area contributed by atoms with E-state index in [9.17, 15) is 4.79 Å². The molecular weight excluding hydrogens is 274 g/mol. The monoisotopic (exact) mass is 297 g/mol. The number of carbonyl (C=O) groups is 1. The van der Waals surface area contributed by atoms with E-state index in [1.165, 1.54) is 5.56 Å². The molecule has 0 spiro atoms. The fraction of sp³-hybridized carbons (Fsp3) is 0.316. The summed E-state index contributed by atoms with van der Waals surface area (Å²) in [6.45, 7) is 4.32. The molecule has 0 aliphatic heterocycles. The molecule has 0 radical (unpaired) electrons. The molecule has 116 valence electrons. The van der Waals surface area contributed by atoms with Crippen molar-refractivity contribution in [2.24, 2.45) is 5.73 Å². The molecule has 2 rings (SSSR count). The fourth-order valence-electron chi connectivity index (χ4n) is 2.34. The van der Waals surface area contributed by atoms with Crippen molar-refractivity contribution in [3.8, 4) is 11.1 Å². The lowest BCUT2D eigenvalue weighted by atomic mass is 9.95. The van der Waals surface area contributed by atoms with Gasteiger partial charge in [-0.05, 0) is 43.5 Å². The first-order valence-electron chi connectivity index (χ1n) is 7.61. The summed E-state index contributed by atoms with van der Waals surface area (Å²) in [5.74, 6) is -0.206. The second-order valence-corrected chi connectivity index (χ2v) is 5.82. The minimum atomic E-state index is -0.638. The smallest absolute Gasteiger partial charge is 0.306 e. The van der Waals surface area contributed by atoms with E-state index in [4.69, 9.17) is 10.5 Å². The maximum Gasteiger partial charge on any atom is 0.306 e. The highest BCUT2D eigenvalue weighted by molar-refractivity contribution is 5.70. The zero-order valence-corrected chi connectivity index (χ0v) is 13.2. The van der Waals surface area contributed by atoms with E-state index < -0.39 is 5.60 Å². The van der Waals surface area contributed by atoms with Crippen molar-refractivity contribution in [3.05, 3.63) is 60.2 Å². The Labute approximate surface area is 132 Å². The molecule has 3 nitrogen and oxygen atoms in total. The van der Waals surface area contributed by atoms with Gasteiger partial charge < -0.3 is 10.5 Å². The van der Waals surface area contributed by atoms with Gasteiger partial charge in [-0.3, -0.25) is 4.79 Å². The third-order valence-electron chi connectivity index (χ3n) is 3.64. The van der Waals surface area contributed by atoms with Gasteiger partial charge in [-0.2, -0.15) is 0 Å². The number of rotatable bonds is 6. The lowest BCUT2D eigenvalue weighted by molar-refractivity contribution is -0.157. The summed E-state index contributed by atoms with van der Waals surface area (Å²) in [7, 11) is 0. The van der Waals surface area contributed by atoms with E-state index in [1.54, 1.807) is 0 Å². The predicted molar refractivity (Wildman–Crippen MR) is 89.3 cm³/mol. The van der Waals surface area contributed by atoms with Crippen LogP contribution in [0.3, 0.4) is 0 Å². The molecule has 0 unspecified atom stereocenters. The van der Waals surface area contributed by atoms with Crippen molar-refractivity contribution in [2.45, 2.75) is 32.3 Å². The number of hydrogen-bond acceptors (Lipinski definition) is 3. The summed E-state index contributed by atoms with van der Waals surface area (Å²) >= 11 is 0. The molecule has 0 saturated carbocycles. The van der Waals surface area contributed by atoms with Crippen LogP contribution in [0.25, 0.3) is 11.1 Å². The number of esters is 1. The van der Waals surface area contributed by atoms with Gasteiger partial charge >= 0.3 is 5.97 Å². The average Bonchev–Trinajstić information content (AvgIpc) is 2.53. The lowest BCUT2D eigenvalue weighted by Gasteiger charge is -2.26. The summed E-state index contributed by atoms with van der Waals surface area (Å²) in [5, 5.41) is 0. The van der Waals surface area contributed by atoms with E-state index in [1.807, 2.05) is 44.2 Å². The summed E-state index contributed by atoms with van der Waals surface area (Å²) in [6, 6.07) is 18.3. The Kier molecular flexibility index (Phi) is 5.34. The van der Waals surface area contributed by atoms with E-state index >= 15 is 0 Å². The Hall–Kier alpha value is -2.13. The van der Waals surface area contributed by atoms with Crippen LogP contribution in [0.15, 0.2) is 54.6 Å². The molecule has 0 saturated heterocycles. The molecule has 0 aliphatic rings. The molecule has 0 fully saturated rings.